The van der Waals surface area contributed by atoms with Crippen molar-refractivity contribution in [1.82, 2.24) is 9.88 Å². The Morgan fingerprint density at radius 1 is 1.26 bits per heavy atom. The molecule has 1 aromatic heterocycles. The van der Waals surface area contributed by atoms with Crippen LogP contribution in [0.3, 0.4) is 0 Å². The van der Waals surface area contributed by atoms with Gasteiger partial charge >= 0.3 is 0 Å². The number of amides is 3. The molecular weight excluding hydrogens is 362 g/mol. The van der Waals surface area contributed by atoms with Crippen LogP contribution in [0.25, 0.3) is 10.2 Å². The molecule has 0 spiro atoms. The maximum Gasteiger partial charge on any atom is 0.249 e. The lowest BCUT2D eigenvalue weighted by Crippen LogP contribution is -2.46. The number of aromatic nitrogens is 1. The molecule has 2 heterocycles. The van der Waals surface area contributed by atoms with Gasteiger partial charge in [0, 0.05) is 0 Å². The Bertz CT molecular complexity index is 939. The topological polar surface area (TPSA) is 79.4 Å². The van der Waals surface area contributed by atoms with Gasteiger partial charge in [-0.1, -0.05) is 36.5 Å². The fraction of sp³-hybridized carbons (Fsp3) is 0.400. The maximum atomic E-state index is 12.7. The standard InChI is InChI=1S/C20H21N3O3S/c1-3-12-8-9-15-16(10-12)27-20(21-15)22-17(24)11(2)23-18(25)13-6-4-5-7-14(13)19(23)26/h4-5,8-11,13-14H,3,6-7H2,1-2H3,(H,21,22,24)/t11-,13?,14?/m0/s1. The van der Waals surface area contributed by atoms with Crippen molar-refractivity contribution in [2.75, 3.05) is 5.32 Å². The largest absolute Gasteiger partial charge is 0.300 e. The van der Waals surface area contributed by atoms with Gasteiger partial charge in [-0.05, 0) is 43.9 Å². The minimum absolute atomic E-state index is 0.242. The Hall–Kier alpha value is -2.54. The summed E-state index contributed by atoms with van der Waals surface area (Å²) < 4.78 is 1.00. The molecule has 0 saturated carbocycles. The molecule has 1 N–H and O–H groups in total. The molecule has 27 heavy (non-hydrogen) atoms. The van der Waals surface area contributed by atoms with Gasteiger partial charge in [0.2, 0.25) is 17.7 Å². The number of likely N-dealkylation sites (tertiary alicyclic amines) is 1. The van der Waals surface area contributed by atoms with Crippen LogP contribution < -0.4 is 5.32 Å². The molecule has 6 nitrogen and oxygen atoms in total. The number of carbonyl (C=O) groups is 3. The van der Waals surface area contributed by atoms with Gasteiger partial charge in [0.15, 0.2) is 5.13 Å². The third-order valence-corrected chi connectivity index (χ3v) is 6.33. The summed E-state index contributed by atoms with van der Waals surface area (Å²) in [6.45, 7) is 3.68. The van der Waals surface area contributed by atoms with Crippen molar-refractivity contribution in [3.63, 3.8) is 0 Å². The number of allylic oxidation sites excluding steroid dienone is 2. The van der Waals surface area contributed by atoms with Crippen molar-refractivity contribution in [2.24, 2.45) is 11.8 Å². The number of hydrogen-bond donors (Lipinski definition) is 1. The van der Waals surface area contributed by atoms with Crippen LogP contribution in [0.15, 0.2) is 30.4 Å². The first-order valence-corrected chi connectivity index (χ1v) is 10.0. The Morgan fingerprint density at radius 2 is 1.93 bits per heavy atom. The number of thiazole rings is 1. The Kier molecular flexibility index (Phi) is 4.55. The zero-order valence-corrected chi connectivity index (χ0v) is 16.1. The fourth-order valence-electron chi connectivity index (χ4n) is 3.78. The zero-order chi connectivity index (χ0) is 19.1. The summed E-state index contributed by atoms with van der Waals surface area (Å²) >= 11 is 1.40. The van der Waals surface area contributed by atoms with E-state index >= 15 is 0 Å². The Balaban J connectivity index is 1.51. The minimum Gasteiger partial charge on any atom is -0.300 e. The van der Waals surface area contributed by atoms with Crippen molar-refractivity contribution in [3.05, 3.63) is 35.9 Å². The van der Waals surface area contributed by atoms with Crippen LogP contribution in [-0.2, 0) is 20.8 Å². The molecule has 1 aromatic carbocycles. The lowest BCUT2D eigenvalue weighted by atomic mass is 9.85. The van der Waals surface area contributed by atoms with Crippen LogP contribution in [0, 0.1) is 11.8 Å². The molecule has 2 aliphatic rings. The molecule has 0 bridgehead atoms. The van der Waals surface area contributed by atoms with E-state index in [1.807, 2.05) is 24.3 Å². The Labute approximate surface area is 161 Å². The lowest BCUT2D eigenvalue weighted by molar-refractivity contribution is -0.146. The molecular formula is C20H21N3O3S. The SMILES string of the molecule is CCc1ccc2nc(NC(=O)[C@H](C)N3C(=O)C4CC=CCC4C3=O)sc2c1. The van der Waals surface area contributed by atoms with Crippen molar-refractivity contribution in [3.8, 4) is 0 Å². The number of benzene rings is 1. The molecule has 1 fully saturated rings. The van der Waals surface area contributed by atoms with Crippen LogP contribution in [0.2, 0.25) is 0 Å². The molecule has 140 valence electrons. The summed E-state index contributed by atoms with van der Waals surface area (Å²) in [5.74, 6) is -1.53. The van der Waals surface area contributed by atoms with Gasteiger partial charge in [0.25, 0.3) is 0 Å². The summed E-state index contributed by atoms with van der Waals surface area (Å²) in [6, 6.07) is 5.17. The van der Waals surface area contributed by atoms with Crippen molar-refractivity contribution in [2.45, 2.75) is 39.2 Å². The number of anilines is 1. The molecule has 2 unspecified atom stereocenters. The average Bonchev–Trinajstić information content (AvgIpc) is 3.19. The van der Waals surface area contributed by atoms with Crippen LogP contribution in [0.4, 0.5) is 5.13 Å². The van der Waals surface area contributed by atoms with E-state index in [0.29, 0.717) is 18.0 Å². The first-order valence-electron chi connectivity index (χ1n) is 9.21. The van der Waals surface area contributed by atoms with Gasteiger partial charge in [-0.2, -0.15) is 0 Å². The van der Waals surface area contributed by atoms with Gasteiger partial charge < -0.3 is 5.32 Å². The van der Waals surface area contributed by atoms with Crippen LogP contribution >= 0.6 is 11.3 Å². The number of hydrogen-bond acceptors (Lipinski definition) is 5. The second-order valence-corrected chi connectivity index (χ2v) is 8.07. The molecule has 0 radical (unpaired) electrons. The third-order valence-electron chi connectivity index (χ3n) is 5.40. The first kappa shape index (κ1) is 17.9. The molecule has 7 heteroatoms. The average molecular weight is 383 g/mol. The molecule has 3 atom stereocenters. The van der Waals surface area contributed by atoms with Gasteiger partial charge in [-0.25, -0.2) is 4.98 Å². The summed E-state index contributed by atoms with van der Waals surface area (Å²) in [7, 11) is 0. The molecule has 1 saturated heterocycles. The first-order chi connectivity index (χ1) is 13.0. The zero-order valence-electron chi connectivity index (χ0n) is 15.3. The number of nitrogens with one attached hydrogen (secondary N) is 1. The normalized spacial score (nSPS) is 23.0. The van der Waals surface area contributed by atoms with Crippen molar-refractivity contribution < 1.29 is 14.4 Å². The summed E-state index contributed by atoms with van der Waals surface area (Å²) in [6.07, 6.45) is 5.94. The van der Waals surface area contributed by atoms with E-state index in [9.17, 15) is 14.4 Å². The molecule has 1 aliphatic heterocycles. The molecule has 2 aromatic rings. The van der Waals surface area contributed by atoms with Crippen LogP contribution in [-0.4, -0.2) is 33.6 Å². The van der Waals surface area contributed by atoms with E-state index in [1.54, 1.807) is 6.92 Å². The fourth-order valence-corrected chi connectivity index (χ4v) is 4.71. The summed E-state index contributed by atoms with van der Waals surface area (Å²) in [5, 5.41) is 3.25. The van der Waals surface area contributed by atoms with E-state index < -0.39 is 11.9 Å². The second-order valence-electron chi connectivity index (χ2n) is 7.04. The molecule has 1 aliphatic carbocycles. The highest BCUT2D eigenvalue weighted by atomic mass is 32.1. The van der Waals surface area contributed by atoms with E-state index in [2.05, 4.69) is 23.3 Å². The van der Waals surface area contributed by atoms with E-state index in [1.165, 1.54) is 16.9 Å². The number of rotatable bonds is 4. The monoisotopic (exact) mass is 383 g/mol. The number of imide groups is 1. The third kappa shape index (κ3) is 3.06. The Morgan fingerprint density at radius 3 is 2.56 bits per heavy atom. The van der Waals surface area contributed by atoms with Gasteiger partial charge in [0.05, 0.1) is 22.1 Å². The lowest BCUT2D eigenvalue weighted by Gasteiger charge is -2.21. The van der Waals surface area contributed by atoms with Crippen molar-refractivity contribution >= 4 is 44.4 Å². The van der Waals surface area contributed by atoms with E-state index in [4.69, 9.17) is 0 Å². The van der Waals surface area contributed by atoms with Gasteiger partial charge in [-0.15, -0.1) is 0 Å². The number of carbonyl (C=O) groups excluding carboxylic acids is 3. The smallest absolute Gasteiger partial charge is 0.249 e. The quantitative estimate of drug-likeness (QED) is 0.650. The maximum absolute atomic E-state index is 12.7. The predicted octanol–water partition coefficient (Wildman–Crippen LogP) is 3.14. The highest BCUT2D eigenvalue weighted by Gasteiger charge is 2.50. The molecule has 3 amide bonds. The van der Waals surface area contributed by atoms with Crippen LogP contribution in [0.5, 0.6) is 0 Å². The minimum atomic E-state index is -0.853. The second kappa shape index (κ2) is 6.88. The summed E-state index contributed by atoms with van der Waals surface area (Å²) in [5.41, 5.74) is 2.03. The highest BCUT2D eigenvalue weighted by Crippen LogP contribution is 2.36. The highest BCUT2D eigenvalue weighted by molar-refractivity contribution is 7.22. The van der Waals surface area contributed by atoms with E-state index in [-0.39, 0.29) is 23.7 Å². The van der Waals surface area contributed by atoms with Gasteiger partial charge in [0.1, 0.15) is 6.04 Å². The molecule has 4 rings (SSSR count). The predicted molar refractivity (Wildman–Crippen MR) is 104 cm³/mol. The number of nitrogens with zero attached hydrogens (tertiary/aromatic N) is 2. The van der Waals surface area contributed by atoms with Crippen molar-refractivity contribution in [1.29, 1.82) is 0 Å². The van der Waals surface area contributed by atoms with E-state index in [0.717, 1.165) is 21.5 Å². The van der Waals surface area contributed by atoms with Crippen LogP contribution in [0.1, 0.15) is 32.3 Å². The number of fused-ring (bicyclic) bond motifs is 2. The summed E-state index contributed by atoms with van der Waals surface area (Å²) in [4.78, 5) is 43.5. The number of aryl methyl sites for hydroxylation is 1. The van der Waals surface area contributed by atoms with Gasteiger partial charge in [-0.3, -0.25) is 19.3 Å².